The zero-order valence-corrected chi connectivity index (χ0v) is 14.0. The SMILES string of the molecule is CCOc1c(Cl)cc(CNc2cc(C)ccc2C)cc1Cl. The standard InChI is InChI=1S/C17H19Cl2NO/c1-4-21-17-14(18)8-13(9-15(17)19)10-20-16-7-11(2)5-6-12(16)3/h5-9,20H,4,10H2,1-3H3. The third kappa shape index (κ3) is 4.05. The van der Waals surface area contributed by atoms with Crippen LogP contribution in [0.1, 0.15) is 23.6 Å². The number of hydrogen-bond acceptors (Lipinski definition) is 2. The van der Waals surface area contributed by atoms with Gasteiger partial charge in [0.2, 0.25) is 0 Å². The fraction of sp³-hybridized carbons (Fsp3) is 0.294. The molecule has 1 N–H and O–H groups in total. The number of ether oxygens (including phenoxy) is 1. The molecule has 112 valence electrons. The van der Waals surface area contributed by atoms with Gasteiger partial charge >= 0.3 is 0 Å². The number of halogens is 2. The first kappa shape index (κ1) is 16.0. The summed E-state index contributed by atoms with van der Waals surface area (Å²) in [4.78, 5) is 0. The van der Waals surface area contributed by atoms with Crippen molar-refractivity contribution in [1.82, 2.24) is 0 Å². The average Bonchev–Trinajstić information content (AvgIpc) is 2.44. The van der Waals surface area contributed by atoms with Crippen LogP contribution in [-0.2, 0) is 6.54 Å². The molecule has 0 spiro atoms. The Labute approximate surface area is 136 Å². The minimum atomic E-state index is 0.541. The van der Waals surface area contributed by atoms with Crippen LogP contribution in [0, 0.1) is 13.8 Å². The second-order valence-electron chi connectivity index (χ2n) is 4.99. The van der Waals surface area contributed by atoms with Gasteiger partial charge in [-0.1, -0.05) is 35.3 Å². The van der Waals surface area contributed by atoms with Crippen LogP contribution in [0.15, 0.2) is 30.3 Å². The Balaban J connectivity index is 2.15. The summed E-state index contributed by atoms with van der Waals surface area (Å²) in [5, 5.41) is 4.51. The van der Waals surface area contributed by atoms with Crippen molar-refractivity contribution < 1.29 is 4.74 Å². The lowest BCUT2D eigenvalue weighted by molar-refractivity contribution is 0.340. The molecule has 0 fully saturated rings. The highest BCUT2D eigenvalue weighted by Crippen LogP contribution is 2.34. The predicted molar refractivity (Wildman–Crippen MR) is 90.9 cm³/mol. The minimum Gasteiger partial charge on any atom is -0.491 e. The summed E-state index contributed by atoms with van der Waals surface area (Å²) < 4.78 is 5.44. The topological polar surface area (TPSA) is 21.3 Å². The van der Waals surface area contributed by atoms with Crippen molar-refractivity contribution in [2.75, 3.05) is 11.9 Å². The highest BCUT2D eigenvalue weighted by molar-refractivity contribution is 6.37. The van der Waals surface area contributed by atoms with E-state index in [1.807, 2.05) is 19.1 Å². The van der Waals surface area contributed by atoms with Crippen LogP contribution in [0.5, 0.6) is 5.75 Å². The molecule has 2 rings (SSSR count). The van der Waals surface area contributed by atoms with Gasteiger partial charge in [-0.3, -0.25) is 0 Å². The second-order valence-corrected chi connectivity index (χ2v) is 5.81. The van der Waals surface area contributed by atoms with E-state index in [9.17, 15) is 0 Å². The zero-order valence-electron chi connectivity index (χ0n) is 12.5. The maximum atomic E-state index is 6.21. The second kappa shape index (κ2) is 7.06. The molecule has 0 unspecified atom stereocenters. The van der Waals surface area contributed by atoms with E-state index in [0.29, 0.717) is 28.9 Å². The van der Waals surface area contributed by atoms with Gasteiger partial charge in [0.15, 0.2) is 5.75 Å². The number of nitrogens with one attached hydrogen (secondary N) is 1. The van der Waals surface area contributed by atoms with Crippen LogP contribution in [-0.4, -0.2) is 6.61 Å². The smallest absolute Gasteiger partial charge is 0.156 e. The first-order valence-corrected chi connectivity index (χ1v) is 7.68. The normalized spacial score (nSPS) is 10.5. The molecule has 0 bridgehead atoms. The molecular weight excluding hydrogens is 305 g/mol. The monoisotopic (exact) mass is 323 g/mol. The maximum Gasteiger partial charge on any atom is 0.156 e. The first-order valence-electron chi connectivity index (χ1n) is 6.93. The summed E-state index contributed by atoms with van der Waals surface area (Å²) in [5.41, 5.74) is 4.58. The molecule has 0 heterocycles. The van der Waals surface area contributed by atoms with Crippen molar-refractivity contribution in [3.63, 3.8) is 0 Å². The number of rotatable bonds is 5. The van der Waals surface area contributed by atoms with Crippen LogP contribution in [0.25, 0.3) is 0 Å². The molecule has 2 nitrogen and oxygen atoms in total. The van der Waals surface area contributed by atoms with Gasteiger partial charge in [-0.25, -0.2) is 0 Å². The largest absolute Gasteiger partial charge is 0.491 e. The zero-order chi connectivity index (χ0) is 15.4. The Hall–Kier alpha value is -1.38. The third-order valence-electron chi connectivity index (χ3n) is 3.22. The average molecular weight is 324 g/mol. The third-order valence-corrected chi connectivity index (χ3v) is 3.78. The van der Waals surface area contributed by atoms with E-state index in [0.717, 1.165) is 11.3 Å². The van der Waals surface area contributed by atoms with Crippen molar-refractivity contribution in [3.8, 4) is 5.75 Å². The molecule has 0 aliphatic rings. The quantitative estimate of drug-likeness (QED) is 0.770. The summed E-state index contributed by atoms with van der Waals surface area (Å²) in [6, 6.07) is 10.1. The number of hydrogen-bond donors (Lipinski definition) is 1. The predicted octanol–water partition coefficient (Wildman–Crippen LogP) is 5.62. The summed E-state index contributed by atoms with van der Waals surface area (Å²) in [6.45, 7) is 7.27. The van der Waals surface area contributed by atoms with Crippen molar-refractivity contribution in [1.29, 1.82) is 0 Å². The Kier molecular flexibility index (Phi) is 5.38. The van der Waals surface area contributed by atoms with Gasteiger partial charge in [-0.05, 0) is 55.7 Å². The summed E-state index contributed by atoms with van der Waals surface area (Å²) >= 11 is 12.4. The number of anilines is 1. The molecular formula is C17H19Cl2NO. The van der Waals surface area contributed by atoms with Gasteiger partial charge in [-0.15, -0.1) is 0 Å². The molecule has 0 aromatic heterocycles. The van der Waals surface area contributed by atoms with Gasteiger partial charge in [0.05, 0.1) is 16.7 Å². The van der Waals surface area contributed by atoms with E-state index < -0.39 is 0 Å². The number of aryl methyl sites for hydroxylation is 2. The minimum absolute atomic E-state index is 0.541. The summed E-state index contributed by atoms with van der Waals surface area (Å²) in [5.74, 6) is 0.552. The molecule has 2 aromatic carbocycles. The molecule has 21 heavy (non-hydrogen) atoms. The summed E-state index contributed by atoms with van der Waals surface area (Å²) in [6.07, 6.45) is 0. The van der Waals surface area contributed by atoms with Gasteiger partial charge in [0.25, 0.3) is 0 Å². The van der Waals surface area contributed by atoms with E-state index in [2.05, 4.69) is 37.4 Å². The maximum absolute atomic E-state index is 6.21. The van der Waals surface area contributed by atoms with Crippen molar-refractivity contribution in [2.45, 2.75) is 27.3 Å². The highest BCUT2D eigenvalue weighted by atomic mass is 35.5. The summed E-state index contributed by atoms with van der Waals surface area (Å²) in [7, 11) is 0. The van der Waals surface area contributed by atoms with Crippen molar-refractivity contribution >= 4 is 28.9 Å². The highest BCUT2D eigenvalue weighted by Gasteiger charge is 2.09. The fourth-order valence-electron chi connectivity index (χ4n) is 2.12. The molecule has 0 atom stereocenters. The molecule has 4 heteroatoms. The van der Waals surface area contributed by atoms with Crippen molar-refractivity contribution in [3.05, 3.63) is 57.1 Å². The van der Waals surface area contributed by atoms with E-state index >= 15 is 0 Å². The van der Waals surface area contributed by atoms with Gasteiger partial charge in [-0.2, -0.15) is 0 Å². The lowest BCUT2D eigenvalue weighted by Crippen LogP contribution is -2.02. The van der Waals surface area contributed by atoms with E-state index in [4.69, 9.17) is 27.9 Å². The van der Waals surface area contributed by atoms with Crippen LogP contribution < -0.4 is 10.1 Å². The molecule has 0 aliphatic heterocycles. The first-order chi connectivity index (χ1) is 10.0. The van der Waals surface area contributed by atoms with Gasteiger partial charge in [0.1, 0.15) is 0 Å². The van der Waals surface area contributed by atoms with E-state index in [1.165, 1.54) is 11.1 Å². The molecule has 0 saturated heterocycles. The fourth-order valence-corrected chi connectivity index (χ4v) is 2.76. The Morgan fingerprint density at radius 3 is 2.33 bits per heavy atom. The van der Waals surface area contributed by atoms with E-state index in [-0.39, 0.29) is 0 Å². The molecule has 0 amide bonds. The Bertz CT molecular complexity index is 618. The molecule has 0 aliphatic carbocycles. The lowest BCUT2D eigenvalue weighted by Gasteiger charge is -2.13. The lowest BCUT2D eigenvalue weighted by atomic mass is 10.1. The van der Waals surface area contributed by atoms with Crippen molar-refractivity contribution in [2.24, 2.45) is 0 Å². The molecule has 2 aromatic rings. The van der Waals surface area contributed by atoms with Crippen LogP contribution in [0.4, 0.5) is 5.69 Å². The van der Waals surface area contributed by atoms with E-state index in [1.54, 1.807) is 0 Å². The Morgan fingerprint density at radius 2 is 1.71 bits per heavy atom. The van der Waals surface area contributed by atoms with Gasteiger partial charge < -0.3 is 10.1 Å². The van der Waals surface area contributed by atoms with Gasteiger partial charge in [0, 0.05) is 12.2 Å². The van der Waals surface area contributed by atoms with Crippen LogP contribution in [0.3, 0.4) is 0 Å². The van der Waals surface area contributed by atoms with Crippen LogP contribution >= 0.6 is 23.2 Å². The van der Waals surface area contributed by atoms with Crippen LogP contribution in [0.2, 0.25) is 10.0 Å². The Morgan fingerprint density at radius 1 is 1.05 bits per heavy atom. The molecule has 0 saturated carbocycles. The number of benzene rings is 2. The molecule has 0 radical (unpaired) electrons.